The molecule has 0 aromatic heterocycles. The Balaban J connectivity index is 2.02. The Labute approximate surface area is 137 Å². The highest BCUT2D eigenvalue weighted by atomic mass is 35.5. The number of likely N-dealkylation sites (tertiary alicyclic amines) is 1. The Hall–Kier alpha value is -0.660. The minimum atomic E-state index is -3.30. The maximum absolute atomic E-state index is 12.0. The lowest BCUT2D eigenvalue weighted by molar-refractivity contribution is 0.148. The minimum Gasteiger partial charge on any atom is -0.391 e. The highest BCUT2D eigenvalue weighted by Gasteiger charge is 2.35. The van der Waals surface area contributed by atoms with Crippen LogP contribution in [0.2, 0.25) is 5.02 Å². The zero-order valence-electron chi connectivity index (χ0n) is 13.2. The van der Waals surface area contributed by atoms with Crippen LogP contribution in [-0.2, 0) is 16.6 Å². The molecule has 0 amide bonds. The van der Waals surface area contributed by atoms with Crippen LogP contribution in [0.15, 0.2) is 18.2 Å². The number of hydrogen-bond acceptors (Lipinski definition) is 4. The third-order valence-corrected chi connectivity index (χ3v) is 6.36. The summed E-state index contributed by atoms with van der Waals surface area (Å²) in [7, 11) is -0.257. The SMILES string of the molecule is Cc1cc(Cl)ccc1CN1CC(O)C(CS(=O)(=O)N(C)C)C1. The number of benzene rings is 1. The molecule has 2 rings (SSSR count). The van der Waals surface area contributed by atoms with E-state index in [-0.39, 0.29) is 11.7 Å². The summed E-state index contributed by atoms with van der Waals surface area (Å²) in [5.41, 5.74) is 2.25. The Morgan fingerprint density at radius 1 is 1.36 bits per heavy atom. The molecule has 1 aliphatic heterocycles. The predicted octanol–water partition coefficient (Wildman–Crippen LogP) is 1.33. The Bertz CT molecular complexity index is 634. The van der Waals surface area contributed by atoms with Crippen LogP contribution in [0.4, 0.5) is 0 Å². The predicted molar refractivity (Wildman–Crippen MR) is 88.4 cm³/mol. The van der Waals surface area contributed by atoms with E-state index in [4.69, 9.17) is 11.6 Å². The fourth-order valence-corrected chi connectivity index (χ4v) is 4.12. The molecule has 22 heavy (non-hydrogen) atoms. The van der Waals surface area contributed by atoms with Gasteiger partial charge in [-0.05, 0) is 30.2 Å². The standard InChI is InChI=1S/C15H23ClN2O3S/c1-11-6-14(16)5-4-12(11)7-18-8-13(15(19)9-18)10-22(20,21)17(2)3/h4-6,13,15,19H,7-10H2,1-3H3. The largest absolute Gasteiger partial charge is 0.391 e. The molecule has 0 spiro atoms. The molecular weight excluding hydrogens is 324 g/mol. The van der Waals surface area contributed by atoms with Crippen LogP contribution < -0.4 is 0 Å². The van der Waals surface area contributed by atoms with Crippen LogP contribution in [0.3, 0.4) is 0 Å². The first-order chi connectivity index (χ1) is 10.2. The summed E-state index contributed by atoms with van der Waals surface area (Å²) in [4.78, 5) is 2.09. The maximum Gasteiger partial charge on any atom is 0.214 e. The van der Waals surface area contributed by atoms with Gasteiger partial charge in [-0.1, -0.05) is 17.7 Å². The maximum atomic E-state index is 12.0. The molecule has 5 nitrogen and oxygen atoms in total. The van der Waals surface area contributed by atoms with Crippen LogP contribution in [0.25, 0.3) is 0 Å². The summed E-state index contributed by atoms with van der Waals surface area (Å²) in [6.07, 6.45) is -0.609. The van der Waals surface area contributed by atoms with E-state index in [0.717, 1.165) is 11.1 Å². The Morgan fingerprint density at radius 3 is 2.64 bits per heavy atom. The lowest BCUT2D eigenvalue weighted by Crippen LogP contribution is -2.33. The number of β-amino-alcohol motifs (C(OH)–C–C–N with tert-alkyl or cyclic N) is 1. The summed E-state index contributed by atoms with van der Waals surface area (Å²) in [6, 6.07) is 5.75. The second kappa shape index (κ2) is 6.84. The summed E-state index contributed by atoms with van der Waals surface area (Å²) in [6.45, 7) is 3.77. The van der Waals surface area contributed by atoms with Gasteiger partial charge in [-0.25, -0.2) is 12.7 Å². The second-order valence-electron chi connectivity index (χ2n) is 6.15. The summed E-state index contributed by atoms with van der Waals surface area (Å²) in [5.74, 6) is -0.267. The summed E-state index contributed by atoms with van der Waals surface area (Å²) >= 11 is 5.96. The number of hydrogen-bond donors (Lipinski definition) is 1. The van der Waals surface area contributed by atoms with Crippen molar-refractivity contribution in [3.63, 3.8) is 0 Å². The van der Waals surface area contributed by atoms with Gasteiger partial charge in [0, 0.05) is 44.7 Å². The molecule has 1 aromatic carbocycles. The van der Waals surface area contributed by atoms with E-state index in [1.165, 1.54) is 18.4 Å². The van der Waals surface area contributed by atoms with E-state index in [9.17, 15) is 13.5 Å². The molecule has 1 heterocycles. The molecule has 1 N–H and O–H groups in total. The molecule has 7 heteroatoms. The van der Waals surface area contributed by atoms with Crippen molar-refractivity contribution in [1.82, 2.24) is 9.21 Å². The zero-order valence-corrected chi connectivity index (χ0v) is 14.7. The van der Waals surface area contributed by atoms with E-state index >= 15 is 0 Å². The second-order valence-corrected chi connectivity index (χ2v) is 8.82. The molecule has 0 bridgehead atoms. The molecule has 1 saturated heterocycles. The van der Waals surface area contributed by atoms with E-state index < -0.39 is 16.1 Å². The Kier molecular flexibility index (Phi) is 5.50. The number of aliphatic hydroxyl groups is 1. The number of aryl methyl sites for hydroxylation is 1. The van der Waals surface area contributed by atoms with Crippen LogP contribution in [0.5, 0.6) is 0 Å². The van der Waals surface area contributed by atoms with E-state index in [0.29, 0.717) is 24.7 Å². The highest BCUT2D eigenvalue weighted by Crippen LogP contribution is 2.23. The van der Waals surface area contributed by atoms with E-state index in [1.807, 2.05) is 25.1 Å². The fourth-order valence-electron chi connectivity index (χ4n) is 2.73. The zero-order chi connectivity index (χ0) is 16.5. The van der Waals surface area contributed by atoms with Crippen molar-refractivity contribution in [3.8, 4) is 0 Å². The molecule has 1 fully saturated rings. The number of sulfonamides is 1. The fraction of sp³-hybridized carbons (Fsp3) is 0.600. The smallest absolute Gasteiger partial charge is 0.214 e. The van der Waals surface area contributed by atoms with Gasteiger partial charge in [0.25, 0.3) is 0 Å². The quantitative estimate of drug-likeness (QED) is 0.873. The normalized spacial score (nSPS) is 23.4. The van der Waals surface area contributed by atoms with Crippen molar-refractivity contribution < 1.29 is 13.5 Å². The first-order valence-corrected chi connectivity index (χ1v) is 9.23. The molecule has 0 radical (unpaired) electrons. The number of halogens is 1. The molecule has 2 unspecified atom stereocenters. The monoisotopic (exact) mass is 346 g/mol. The number of aliphatic hydroxyl groups excluding tert-OH is 1. The first-order valence-electron chi connectivity index (χ1n) is 7.24. The third kappa shape index (κ3) is 4.20. The third-order valence-electron chi connectivity index (χ3n) is 4.16. The molecule has 124 valence electrons. The van der Waals surface area contributed by atoms with Crippen molar-refractivity contribution in [3.05, 3.63) is 34.3 Å². The molecule has 1 aromatic rings. The molecular formula is C15H23ClN2O3S. The number of rotatable bonds is 5. The molecule has 1 aliphatic rings. The van der Waals surface area contributed by atoms with Crippen molar-refractivity contribution in [2.75, 3.05) is 32.9 Å². The summed E-state index contributed by atoms with van der Waals surface area (Å²) in [5, 5.41) is 10.9. The van der Waals surface area contributed by atoms with Gasteiger partial charge in [0.2, 0.25) is 10.0 Å². The lowest BCUT2D eigenvalue weighted by atomic mass is 10.1. The first kappa shape index (κ1) is 17.7. The topological polar surface area (TPSA) is 60.9 Å². The van der Waals surface area contributed by atoms with E-state index in [2.05, 4.69) is 4.90 Å². The van der Waals surface area contributed by atoms with Crippen LogP contribution in [0.1, 0.15) is 11.1 Å². The van der Waals surface area contributed by atoms with Gasteiger partial charge in [-0.3, -0.25) is 4.90 Å². The van der Waals surface area contributed by atoms with Crippen LogP contribution in [-0.4, -0.2) is 61.8 Å². The van der Waals surface area contributed by atoms with Gasteiger partial charge in [0.15, 0.2) is 0 Å². The summed E-state index contributed by atoms with van der Waals surface area (Å²) < 4.78 is 25.2. The molecule has 0 aliphatic carbocycles. The van der Waals surface area contributed by atoms with Crippen molar-refractivity contribution in [1.29, 1.82) is 0 Å². The van der Waals surface area contributed by atoms with Crippen molar-refractivity contribution in [2.24, 2.45) is 5.92 Å². The van der Waals surface area contributed by atoms with Crippen LogP contribution in [0, 0.1) is 12.8 Å². The average Bonchev–Trinajstić information content (AvgIpc) is 2.72. The minimum absolute atomic E-state index is 0.0166. The van der Waals surface area contributed by atoms with Gasteiger partial charge < -0.3 is 5.11 Å². The molecule has 0 saturated carbocycles. The average molecular weight is 347 g/mol. The van der Waals surface area contributed by atoms with Gasteiger partial charge in [-0.15, -0.1) is 0 Å². The Morgan fingerprint density at radius 2 is 2.05 bits per heavy atom. The van der Waals surface area contributed by atoms with Gasteiger partial charge in [0.05, 0.1) is 11.9 Å². The van der Waals surface area contributed by atoms with Gasteiger partial charge in [-0.2, -0.15) is 0 Å². The molecule has 2 atom stereocenters. The van der Waals surface area contributed by atoms with Crippen molar-refractivity contribution in [2.45, 2.75) is 19.6 Å². The van der Waals surface area contributed by atoms with Crippen LogP contribution >= 0.6 is 11.6 Å². The number of nitrogens with zero attached hydrogens (tertiary/aromatic N) is 2. The van der Waals surface area contributed by atoms with Gasteiger partial charge in [0.1, 0.15) is 0 Å². The lowest BCUT2D eigenvalue weighted by Gasteiger charge is -2.18. The van der Waals surface area contributed by atoms with Crippen molar-refractivity contribution >= 4 is 21.6 Å². The van der Waals surface area contributed by atoms with Gasteiger partial charge >= 0.3 is 0 Å². The van der Waals surface area contributed by atoms with E-state index in [1.54, 1.807) is 0 Å². The highest BCUT2D eigenvalue weighted by molar-refractivity contribution is 7.89.